The molecule has 0 fully saturated rings. The van der Waals surface area contributed by atoms with Crippen molar-refractivity contribution in [2.75, 3.05) is 18.4 Å². The Morgan fingerprint density at radius 3 is 2.88 bits per heavy atom. The smallest absolute Gasteiger partial charge is 0.315 e. The van der Waals surface area contributed by atoms with E-state index in [4.69, 9.17) is 10.2 Å². The van der Waals surface area contributed by atoms with Crippen molar-refractivity contribution in [3.8, 4) is 0 Å². The Hall–Kier alpha value is -1.63. The van der Waals surface area contributed by atoms with Crippen LogP contribution in [0.4, 0.5) is 6.01 Å². The summed E-state index contributed by atoms with van der Waals surface area (Å²) in [5.41, 5.74) is 4.96. The molecule has 0 atom stereocenters. The Labute approximate surface area is 93.8 Å². The molecule has 0 aliphatic carbocycles. The van der Waals surface area contributed by atoms with Crippen molar-refractivity contribution < 1.29 is 9.21 Å². The van der Waals surface area contributed by atoms with Crippen LogP contribution < -0.4 is 16.4 Å². The van der Waals surface area contributed by atoms with Gasteiger partial charge in [-0.05, 0) is 12.5 Å². The van der Waals surface area contributed by atoms with Gasteiger partial charge in [0.15, 0.2) is 0 Å². The van der Waals surface area contributed by atoms with E-state index in [0.29, 0.717) is 18.4 Å². The standard InChI is InChI=1S/C9H17N5O2/c1-6(2)3-11-5-8-13-14-9(16-8)12-4-7(10)15/h6,11H,3-5H2,1-2H3,(H2,10,15)(H,12,14). The number of hydrogen-bond acceptors (Lipinski definition) is 6. The third kappa shape index (κ3) is 4.74. The fourth-order valence-electron chi connectivity index (χ4n) is 1.03. The van der Waals surface area contributed by atoms with Crippen LogP contribution in [0.2, 0.25) is 0 Å². The van der Waals surface area contributed by atoms with Crippen LogP contribution in [-0.4, -0.2) is 29.2 Å². The molecule has 4 N–H and O–H groups in total. The van der Waals surface area contributed by atoms with Gasteiger partial charge in [-0.25, -0.2) is 0 Å². The first-order valence-electron chi connectivity index (χ1n) is 5.13. The van der Waals surface area contributed by atoms with Crippen LogP contribution in [0.3, 0.4) is 0 Å². The number of amides is 1. The fraction of sp³-hybridized carbons (Fsp3) is 0.667. The number of anilines is 1. The van der Waals surface area contributed by atoms with Gasteiger partial charge < -0.3 is 20.8 Å². The van der Waals surface area contributed by atoms with Crippen molar-refractivity contribution in [3.63, 3.8) is 0 Å². The average Bonchev–Trinajstić information content (AvgIpc) is 2.62. The van der Waals surface area contributed by atoms with E-state index in [0.717, 1.165) is 6.54 Å². The van der Waals surface area contributed by atoms with Gasteiger partial charge in [0, 0.05) is 0 Å². The Morgan fingerprint density at radius 2 is 2.25 bits per heavy atom. The Morgan fingerprint density at radius 1 is 1.50 bits per heavy atom. The van der Waals surface area contributed by atoms with Crippen LogP contribution in [0.1, 0.15) is 19.7 Å². The van der Waals surface area contributed by atoms with Gasteiger partial charge in [0.05, 0.1) is 13.1 Å². The van der Waals surface area contributed by atoms with Crippen LogP contribution in [0.25, 0.3) is 0 Å². The molecule has 0 spiro atoms. The summed E-state index contributed by atoms with van der Waals surface area (Å²) in [6.45, 7) is 5.61. The van der Waals surface area contributed by atoms with Crippen LogP contribution >= 0.6 is 0 Å². The maximum absolute atomic E-state index is 10.5. The van der Waals surface area contributed by atoms with Gasteiger partial charge in [-0.3, -0.25) is 4.79 Å². The summed E-state index contributed by atoms with van der Waals surface area (Å²) in [7, 11) is 0. The molecular formula is C9H17N5O2. The predicted octanol–water partition coefficient (Wildman–Crippen LogP) is -0.288. The van der Waals surface area contributed by atoms with E-state index in [1.807, 2.05) is 0 Å². The molecule has 0 saturated carbocycles. The van der Waals surface area contributed by atoms with Crippen LogP contribution in [0, 0.1) is 5.92 Å². The summed E-state index contributed by atoms with van der Waals surface area (Å²) in [6, 6.07) is 0.208. The zero-order chi connectivity index (χ0) is 12.0. The third-order valence-electron chi connectivity index (χ3n) is 1.71. The van der Waals surface area contributed by atoms with Gasteiger partial charge in [0.25, 0.3) is 0 Å². The summed E-state index contributed by atoms with van der Waals surface area (Å²) in [5.74, 6) is 0.570. The summed E-state index contributed by atoms with van der Waals surface area (Å²) < 4.78 is 5.21. The van der Waals surface area contributed by atoms with Crippen molar-refractivity contribution in [1.29, 1.82) is 0 Å². The van der Waals surface area contributed by atoms with Gasteiger partial charge in [0.1, 0.15) is 0 Å². The van der Waals surface area contributed by atoms with Crippen molar-refractivity contribution >= 4 is 11.9 Å². The highest BCUT2D eigenvalue weighted by Gasteiger charge is 2.06. The number of carbonyl (C=O) groups excluding carboxylic acids is 1. The minimum absolute atomic E-state index is 0.0128. The Balaban J connectivity index is 2.30. The quantitative estimate of drug-likeness (QED) is 0.591. The Kier molecular flexibility index (Phi) is 4.71. The number of nitrogens with two attached hydrogens (primary N) is 1. The average molecular weight is 227 g/mol. The highest BCUT2D eigenvalue weighted by atomic mass is 16.4. The zero-order valence-corrected chi connectivity index (χ0v) is 9.49. The second-order valence-electron chi connectivity index (χ2n) is 3.85. The van der Waals surface area contributed by atoms with E-state index in [1.54, 1.807) is 0 Å². The molecule has 16 heavy (non-hydrogen) atoms. The van der Waals surface area contributed by atoms with Crippen LogP contribution in [-0.2, 0) is 11.3 Å². The number of aromatic nitrogens is 2. The topological polar surface area (TPSA) is 106 Å². The first-order chi connectivity index (χ1) is 7.58. The predicted molar refractivity (Wildman–Crippen MR) is 58.5 cm³/mol. The van der Waals surface area contributed by atoms with E-state index < -0.39 is 5.91 Å². The molecule has 0 aliphatic rings. The number of rotatable bonds is 7. The molecule has 7 heteroatoms. The number of carbonyl (C=O) groups is 1. The first-order valence-corrected chi connectivity index (χ1v) is 5.13. The Bertz CT molecular complexity index is 336. The molecule has 0 bridgehead atoms. The summed E-state index contributed by atoms with van der Waals surface area (Å²) in [4.78, 5) is 10.5. The fourth-order valence-corrected chi connectivity index (χ4v) is 1.03. The lowest BCUT2D eigenvalue weighted by Crippen LogP contribution is -2.21. The highest BCUT2D eigenvalue weighted by Crippen LogP contribution is 2.04. The van der Waals surface area contributed by atoms with E-state index in [-0.39, 0.29) is 12.6 Å². The molecule has 0 aliphatic heterocycles. The lowest BCUT2D eigenvalue weighted by molar-refractivity contribution is -0.116. The van der Waals surface area contributed by atoms with E-state index in [1.165, 1.54) is 0 Å². The largest absolute Gasteiger partial charge is 0.407 e. The molecular weight excluding hydrogens is 210 g/mol. The minimum Gasteiger partial charge on any atom is -0.407 e. The van der Waals surface area contributed by atoms with Crippen molar-refractivity contribution in [2.45, 2.75) is 20.4 Å². The number of nitrogens with one attached hydrogen (secondary N) is 2. The molecule has 0 radical (unpaired) electrons. The summed E-state index contributed by atoms with van der Waals surface area (Å²) in [5, 5.41) is 13.3. The third-order valence-corrected chi connectivity index (χ3v) is 1.71. The van der Waals surface area contributed by atoms with Crippen LogP contribution in [0.5, 0.6) is 0 Å². The molecule has 7 nitrogen and oxygen atoms in total. The molecule has 0 unspecified atom stereocenters. The van der Waals surface area contributed by atoms with Gasteiger partial charge in [0.2, 0.25) is 11.8 Å². The van der Waals surface area contributed by atoms with E-state index in [2.05, 4.69) is 34.7 Å². The monoisotopic (exact) mass is 227 g/mol. The van der Waals surface area contributed by atoms with Gasteiger partial charge in [-0.2, -0.15) is 0 Å². The maximum Gasteiger partial charge on any atom is 0.315 e. The number of nitrogens with zero attached hydrogens (tertiary/aromatic N) is 2. The molecule has 1 rings (SSSR count). The molecule has 1 aromatic heterocycles. The second-order valence-corrected chi connectivity index (χ2v) is 3.85. The van der Waals surface area contributed by atoms with Crippen molar-refractivity contribution in [1.82, 2.24) is 15.5 Å². The highest BCUT2D eigenvalue weighted by molar-refractivity contribution is 5.78. The van der Waals surface area contributed by atoms with Gasteiger partial charge in [-0.15, -0.1) is 5.10 Å². The molecule has 1 heterocycles. The molecule has 1 amide bonds. The summed E-state index contributed by atoms with van der Waals surface area (Å²) in [6.07, 6.45) is 0. The molecule has 0 saturated heterocycles. The molecule has 90 valence electrons. The lowest BCUT2D eigenvalue weighted by Gasteiger charge is -2.03. The van der Waals surface area contributed by atoms with Crippen molar-refractivity contribution in [3.05, 3.63) is 5.89 Å². The second kappa shape index (κ2) is 6.06. The van der Waals surface area contributed by atoms with Crippen LogP contribution in [0.15, 0.2) is 4.42 Å². The van der Waals surface area contributed by atoms with Gasteiger partial charge in [-0.1, -0.05) is 18.9 Å². The first kappa shape index (κ1) is 12.4. The molecule has 1 aromatic rings. The van der Waals surface area contributed by atoms with Gasteiger partial charge >= 0.3 is 6.01 Å². The molecule has 0 aromatic carbocycles. The number of hydrogen-bond donors (Lipinski definition) is 3. The SMILES string of the molecule is CC(C)CNCc1nnc(NCC(N)=O)o1. The normalized spacial score (nSPS) is 10.7. The minimum atomic E-state index is -0.474. The summed E-state index contributed by atoms with van der Waals surface area (Å²) >= 11 is 0. The maximum atomic E-state index is 10.5. The number of primary amides is 1. The van der Waals surface area contributed by atoms with E-state index in [9.17, 15) is 4.79 Å². The zero-order valence-electron chi connectivity index (χ0n) is 9.49. The van der Waals surface area contributed by atoms with Crippen molar-refractivity contribution in [2.24, 2.45) is 11.7 Å². The van der Waals surface area contributed by atoms with E-state index >= 15 is 0 Å². The lowest BCUT2D eigenvalue weighted by atomic mass is 10.2.